The summed E-state index contributed by atoms with van der Waals surface area (Å²) >= 11 is 0. The predicted molar refractivity (Wildman–Crippen MR) is 251 cm³/mol. The molecule has 0 amide bonds. The molecule has 15 nitrogen and oxygen atoms in total. The SMILES string of the molecule is CC/C=C\C/C=C\C/C=C\C/C=C\C/C=C\C/C=C\C/C=C\CC(=O)OCC(O)COP(=O)(O)OCC(O)COP(=O)(O)OCC(O)COC(=O)CCCCCCC/C=C\CCCC. The fourth-order valence-electron chi connectivity index (χ4n) is 5.04. The van der Waals surface area contributed by atoms with Crippen molar-refractivity contribution >= 4 is 27.6 Å². The normalized spacial score (nSPS) is 16.0. The van der Waals surface area contributed by atoms with E-state index in [-0.39, 0.29) is 12.8 Å². The molecule has 0 aromatic carbocycles. The van der Waals surface area contributed by atoms with Crippen LogP contribution >= 0.6 is 15.6 Å². The lowest BCUT2D eigenvalue weighted by Gasteiger charge is -2.19. The van der Waals surface area contributed by atoms with E-state index in [9.17, 15) is 43.8 Å². The second-order valence-corrected chi connectivity index (χ2v) is 17.6. The number of ether oxygens (including phenoxy) is 2. The van der Waals surface area contributed by atoms with E-state index in [1.807, 2.05) is 12.2 Å². The highest BCUT2D eigenvalue weighted by atomic mass is 31.2. The molecular formula is C47H78O15P2. The molecule has 0 aliphatic heterocycles. The van der Waals surface area contributed by atoms with Gasteiger partial charge in [-0.15, -0.1) is 0 Å². The molecular weight excluding hydrogens is 866 g/mol. The van der Waals surface area contributed by atoms with Gasteiger partial charge in [0.05, 0.1) is 32.8 Å². The molecule has 0 fully saturated rings. The molecule has 0 aliphatic rings. The van der Waals surface area contributed by atoms with Crippen molar-refractivity contribution < 1.29 is 71.4 Å². The van der Waals surface area contributed by atoms with Gasteiger partial charge in [0.25, 0.3) is 0 Å². The molecule has 0 heterocycles. The Morgan fingerprint density at radius 1 is 0.438 bits per heavy atom. The van der Waals surface area contributed by atoms with Gasteiger partial charge in [-0.3, -0.25) is 27.7 Å². The van der Waals surface area contributed by atoms with Gasteiger partial charge in [-0.2, -0.15) is 0 Å². The van der Waals surface area contributed by atoms with Gasteiger partial charge in [-0.1, -0.05) is 143 Å². The fourth-order valence-corrected chi connectivity index (χ4v) is 6.63. The summed E-state index contributed by atoms with van der Waals surface area (Å²) in [6, 6.07) is 0. The highest BCUT2D eigenvalue weighted by Crippen LogP contribution is 2.45. The molecule has 0 radical (unpaired) electrons. The van der Waals surface area contributed by atoms with Crippen LogP contribution in [0.2, 0.25) is 0 Å². The van der Waals surface area contributed by atoms with Crippen molar-refractivity contribution in [1.82, 2.24) is 0 Å². The molecule has 0 saturated carbocycles. The minimum atomic E-state index is -4.81. The first kappa shape index (κ1) is 61.0. The standard InChI is InChI=1S/C47H78O15P2/c1-3-5-7-9-11-13-15-16-17-18-19-20-21-22-23-24-26-28-30-32-34-36-47(52)58-38-44(49)40-60-64(55,56)62-42-45(50)41-61-63(53,54)59-39-43(48)37-57-46(51)35-33-31-29-27-25-14-12-10-8-6-4-2/h5,7,10-13,16-17,19-20,22-23,26,28,32,34,43-45,48-50H,3-4,6,8-9,14-15,18,21,24-25,27,29-31,33,35-42H2,1-2H3,(H,53,54)(H,55,56)/b7-5-,12-10-,13-11-,17-16-,20-19-,23-22-,28-26-,34-32-. The third-order valence-corrected chi connectivity index (χ3v) is 10.5. The molecule has 0 bridgehead atoms. The first-order valence-electron chi connectivity index (χ1n) is 22.6. The maximum Gasteiger partial charge on any atom is 0.472 e. The lowest BCUT2D eigenvalue weighted by Crippen LogP contribution is -2.25. The minimum Gasteiger partial charge on any atom is -0.463 e. The number of phosphoric ester groups is 2. The second kappa shape index (κ2) is 42.6. The van der Waals surface area contributed by atoms with Crippen LogP contribution in [-0.4, -0.2) is 95.0 Å². The van der Waals surface area contributed by atoms with E-state index < -0.39 is 85.5 Å². The minimum absolute atomic E-state index is 0.0438. The van der Waals surface area contributed by atoms with E-state index in [0.717, 1.165) is 77.0 Å². The lowest BCUT2D eigenvalue weighted by molar-refractivity contribution is -0.147. The van der Waals surface area contributed by atoms with Crippen LogP contribution in [0.5, 0.6) is 0 Å². The summed E-state index contributed by atoms with van der Waals surface area (Å²) in [7, 11) is -9.60. The number of hydrogen-bond acceptors (Lipinski definition) is 13. The third-order valence-electron chi connectivity index (χ3n) is 8.56. The number of allylic oxidation sites excluding steroid dienone is 15. The summed E-state index contributed by atoms with van der Waals surface area (Å²) in [6.45, 7) is 0.0923. The predicted octanol–water partition coefficient (Wildman–Crippen LogP) is 9.93. The van der Waals surface area contributed by atoms with Crippen LogP contribution in [0.4, 0.5) is 0 Å². The fraction of sp³-hybridized carbons (Fsp3) is 0.617. The first-order chi connectivity index (χ1) is 30.8. The van der Waals surface area contributed by atoms with Crippen LogP contribution in [0.25, 0.3) is 0 Å². The Morgan fingerprint density at radius 2 is 0.781 bits per heavy atom. The monoisotopic (exact) mass is 944 g/mol. The van der Waals surface area contributed by atoms with E-state index in [1.165, 1.54) is 12.8 Å². The molecule has 0 aliphatic carbocycles. The number of phosphoric acid groups is 2. The number of aliphatic hydroxyl groups is 3. The summed E-state index contributed by atoms with van der Waals surface area (Å²) < 4.78 is 52.7. The second-order valence-electron chi connectivity index (χ2n) is 14.7. The van der Waals surface area contributed by atoms with Crippen molar-refractivity contribution in [3.8, 4) is 0 Å². The zero-order chi connectivity index (χ0) is 47.4. The highest BCUT2D eigenvalue weighted by molar-refractivity contribution is 7.47. The van der Waals surface area contributed by atoms with Gasteiger partial charge in [0.2, 0.25) is 0 Å². The molecule has 5 unspecified atom stereocenters. The number of carbonyl (C=O) groups is 2. The average molecular weight is 945 g/mol. The quantitative estimate of drug-likeness (QED) is 0.0166. The summed E-state index contributed by atoms with van der Waals surface area (Å²) in [4.78, 5) is 43.6. The van der Waals surface area contributed by atoms with Crippen molar-refractivity contribution in [2.24, 2.45) is 0 Å². The molecule has 17 heteroatoms. The Bertz CT molecular complexity index is 1520. The Morgan fingerprint density at radius 3 is 1.20 bits per heavy atom. The zero-order valence-electron chi connectivity index (χ0n) is 38.2. The number of esters is 2. The molecule has 64 heavy (non-hydrogen) atoms. The molecule has 0 rings (SSSR count). The number of rotatable bonds is 42. The molecule has 0 saturated heterocycles. The molecule has 0 spiro atoms. The van der Waals surface area contributed by atoms with E-state index in [2.05, 4.69) is 105 Å². The van der Waals surface area contributed by atoms with Crippen LogP contribution in [0.1, 0.15) is 129 Å². The van der Waals surface area contributed by atoms with E-state index in [1.54, 1.807) is 12.2 Å². The van der Waals surface area contributed by atoms with Gasteiger partial charge in [-0.05, 0) is 70.6 Å². The van der Waals surface area contributed by atoms with E-state index in [4.69, 9.17) is 9.47 Å². The molecule has 5 N–H and O–H groups in total. The number of hydrogen-bond donors (Lipinski definition) is 5. The molecule has 0 aromatic heterocycles. The maximum atomic E-state index is 12.1. The van der Waals surface area contributed by atoms with E-state index in [0.29, 0.717) is 12.8 Å². The largest absolute Gasteiger partial charge is 0.472 e. The van der Waals surface area contributed by atoms with Gasteiger partial charge in [-0.25, -0.2) is 9.13 Å². The van der Waals surface area contributed by atoms with Gasteiger partial charge < -0.3 is 34.6 Å². The average Bonchev–Trinajstić information content (AvgIpc) is 3.27. The van der Waals surface area contributed by atoms with Crippen molar-refractivity contribution in [3.63, 3.8) is 0 Å². The van der Waals surface area contributed by atoms with Crippen molar-refractivity contribution in [2.75, 3.05) is 39.6 Å². The Kier molecular flexibility index (Phi) is 40.6. The molecule has 366 valence electrons. The number of unbranched alkanes of at least 4 members (excludes halogenated alkanes) is 7. The summed E-state index contributed by atoms with van der Waals surface area (Å²) in [5, 5.41) is 29.9. The summed E-state index contributed by atoms with van der Waals surface area (Å²) in [5.74, 6) is -1.14. The van der Waals surface area contributed by atoms with Crippen molar-refractivity contribution in [2.45, 2.75) is 148 Å². The highest BCUT2D eigenvalue weighted by Gasteiger charge is 2.28. The zero-order valence-corrected chi connectivity index (χ0v) is 39.9. The Labute approximate surface area is 382 Å². The topological polar surface area (TPSA) is 225 Å². The Balaban J connectivity index is 4.03. The lowest BCUT2D eigenvalue weighted by atomic mass is 10.1. The molecule has 5 atom stereocenters. The van der Waals surface area contributed by atoms with Crippen LogP contribution in [0.3, 0.4) is 0 Å². The number of aliphatic hydroxyl groups excluding tert-OH is 3. The van der Waals surface area contributed by atoms with Crippen LogP contribution in [0, 0.1) is 0 Å². The smallest absolute Gasteiger partial charge is 0.463 e. The van der Waals surface area contributed by atoms with Gasteiger partial charge in [0.1, 0.15) is 31.5 Å². The summed E-state index contributed by atoms with van der Waals surface area (Å²) in [5.41, 5.74) is 0. The van der Waals surface area contributed by atoms with Crippen LogP contribution in [-0.2, 0) is 46.3 Å². The first-order valence-corrected chi connectivity index (χ1v) is 25.6. The van der Waals surface area contributed by atoms with E-state index >= 15 is 0 Å². The number of carbonyl (C=O) groups excluding carboxylic acids is 2. The third kappa shape index (κ3) is 44.2. The van der Waals surface area contributed by atoms with Gasteiger partial charge >= 0.3 is 27.6 Å². The van der Waals surface area contributed by atoms with Crippen LogP contribution in [0.15, 0.2) is 97.2 Å². The van der Waals surface area contributed by atoms with Gasteiger partial charge in [0.15, 0.2) is 0 Å². The van der Waals surface area contributed by atoms with Crippen molar-refractivity contribution in [3.05, 3.63) is 97.2 Å². The van der Waals surface area contributed by atoms with Crippen molar-refractivity contribution in [1.29, 1.82) is 0 Å². The van der Waals surface area contributed by atoms with Crippen LogP contribution < -0.4 is 0 Å². The van der Waals surface area contributed by atoms with Gasteiger partial charge in [0, 0.05) is 6.42 Å². The Hall–Kier alpha value is -3.04. The summed E-state index contributed by atoms with van der Waals surface area (Å²) in [6.07, 6.45) is 44.4. The maximum absolute atomic E-state index is 12.1. The molecule has 0 aromatic rings.